The molecular formula is C15H11F4N5. The Morgan fingerprint density at radius 2 is 1.88 bits per heavy atom. The van der Waals surface area contributed by atoms with E-state index in [2.05, 4.69) is 20.3 Å². The van der Waals surface area contributed by atoms with E-state index in [1.807, 2.05) is 0 Å². The molecule has 0 bridgehead atoms. The lowest BCUT2D eigenvalue weighted by Gasteiger charge is -2.14. The third-order valence-corrected chi connectivity index (χ3v) is 3.34. The van der Waals surface area contributed by atoms with Gasteiger partial charge in [-0.25, -0.2) is 19.3 Å². The van der Waals surface area contributed by atoms with E-state index in [0.29, 0.717) is 22.9 Å². The lowest BCUT2D eigenvalue weighted by molar-refractivity contribution is -0.138. The molecule has 3 aromatic rings. The summed E-state index contributed by atoms with van der Waals surface area (Å²) in [6, 6.07) is 5.69. The highest BCUT2D eigenvalue weighted by Crippen LogP contribution is 2.33. The Labute approximate surface area is 133 Å². The highest BCUT2D eigenvalue weighted by Gasteiger charge is 2.33. The number of pyridine rings is 1. The first kappa shape index (κ1) is 15.9. The van der Waals surface area contributed by atoms with Crippen LogP contribution in [-0.2, 0) is 12.7 Å². The minimum atomic E-state index is -4.65. The Morgan fingerprint density at radius 3 is 2.62 bits per heavy atom. The van der Waals surface area contributed by atoms with Gasteiger partial charge in [0.2, 0.25) is 0 Å². The molecule has 1 aromatic carbocycles. The number of rotatable bonds is 3. The average Bonchev–Trinajstić information content (AvgIpc) is 2.52. The van der Waals surface area contributed by atoms with Crippen molar-refractivity contribution in [3.63, 3.8) is 0 Å². The van der Waals surface area contributed by atoms with Crippen molar-refractivity contribution in [1.82, 2.24) is 15.0 Å². The quantitative estimate of drug-likeness (QED) is 0.717. The zero-order valence-corrected chi connectivity index (χ0v) is 12.1. The van der Waals surface area contributed by atoms with Crippen LogP contribution in [-0.4, -0.2) is 15.0 Å². The summed E-state index contributed by atoms with van der Waals surface area (Å²) in [5, 5.41) is 3.32. The van der Waals surface area contributed by atoms with Crippen LogP contribution in [0.1, 0.15) is 11.1 Å². The van der Waals surface area contributed by atoms with Crippen molar-refractivity contribution >= 4 is 22.7 Å². The zero-order chi connectivity index (χ0) is 17.3. The summed E-state index contributed by atoms with van der Waals surface area (Å²) in [6.07, 6.45) is -3.42. The number of aromatic nitrogens is 3. The van der Waals surface area contributed by atoms with Crippen LogP contribution in [0.25, 0.3) is 11.0 Å². The number of nitrogens with two attached hydrogens (primary N) is 1. The average molecular weight is 337 g/mol. The molecule has 5 nitrogen and oxygen atoms in total. The van der Waals surface area contributed by atoms with Gasteiger partial charge in [-0.3, -0.25) is 0 Å². The van der Waals surface area contributed by atoms with Crippen molar-refractivity contribution in [2.24, 2.45) is 0 Å². The van der Waals surface area contributed by atoms with Crippen molar-refractivity contribution in [2.45, 2.75) is 12.7 Å². The Kier molecular flexibility index (Phi) is 3.92. The predicted molar refractivity (Wildman–Crippen MR) is 80.5 cm³/mol. The Hall–Kier alpha value is -2.97. The number of benzene rings is 1. The van der Waals surface area contributed by atoms with Crippen LogP contribution in [0.4, 0.5) is 29.2 Å². The summed E-state index contributed by atoms with van der Waals surface area (Å²) in [5.74, 6) is -0.367. The third-order valence-electron chi connectivity index (χ3n) is 3.34. The molecule has 9 heteroatoms. The summed E-state index contributed by atoms with van der Waals surface area (Å²) in [4.78, 5) is 12.0. The van der Waals surface area contributed by atoms with Gasteiger partial charge in [0, 0.05) is 6.54 Å². The first-order valence-electron chi connectivity index (χ1n) is 6.81. The topological polar surface area (TPSA) is 76.7 Å². The number of nitrogen functional groups attached to an aromatic ring is 1. The molecule has 0 aliphatic heterocycles. The summed E-state index contributed by atoms with van der Waals surface area (Å²) >= 11 is 0. The first-order chi connectivity index (χ1) is 11.3. The molecule has 2 aromatic heterocycles. The molecule has 3 N–H and O–H groups in total. The fourth-order valence-electron chi connectivity index (χ4n) is 2.24. The van der Waals surface area contributed by atoms with Gasteiger partial charge in [0.25, 0.3) is 0 Å². The fraction of sp³-hybridized carbons (Fsp3) is 0.133. The zero-order valence-electron chi connectivity index (χ0n) is 12.1. The lowest BCUT2D eigenvalue weighted by atomic mass is 10.1. The molecule has 0 spiro atoms. The number of hydrogen-bond acceptors (Lipinski definition) is 5. The van der Waals surface area contributed by atoms with Crippen molar-refractivity contribution in [3.05, 3.63) is 53.6 Å². The maximum absolute atomic E-state index is 13.1. The van der Waals surface area contributed by atoms with Gasteiger partial charge in [-0.05, 0) is 29.8 Å². The predicted octanol–water partition coefficient (Wildman–Crippen LogP) is 3.38. The molecule has 0 aliphatic carbocycles. The van der Waals surface area contributed by atoms with Gasteiger partial charge in [-0.1, -0.05) is 6.07 Å². The molecule has 0 fully saturated rings. The van der Waals surface area contributed by atoms with Gasteiger partial charge < -0.3 is 11.1 Å². The molecule has 0 unspecified atom stereocenters. The monoisotopic (exact) mass is 337 g/mol. The molecule has 3 rings (SSSR count). The van der Waals surface area contributed by atoms with Gasteiger partial charge in [-0.2, -0.15) is 13.2 Å². The number of halogens is 4. The molecule has 0 saturated carbocycles. The van der Waals surface area contributed by atoms with E-state index in [9.17, 15) is 17.6 Å². The van der Waals surface area contributed by atoms with Crippen molar-refractivity contribution in [1.29, 1.82) is 0 Å². The first-order valence-corrected chi connectivity index (χ1v) is 6.81. The summed E-state index contributed by atoms with van der Waals surface area (Å²) in [5.41, 5.74) is 4.76. The van der Waals surface area contributed by atoms with Gasteiger partial charge in [0.15, 0.2) is 5.65 Å². The van der Waals surface area contributed by atoms with E-state index in [1.54, 1.807) is 6.07 Å². The fourth-order valence-corrected chi connectivity index (χ4v) is 2.24. The number of alkyl halides is 3. The van der Waals surface area contributed by atoms with Crippen LogP contribution in [0, 0.1) is 5.82 Å². The van der Waals surface area contributed by atoms with Gasteiger partial charge >= 0.3 is 6.18 Å². The van der Waals surface area contributed by atoms with Crippen LogP contribution < -0.4 is 11.1 Å². The normalized spacial score (nSPS) is 11.7. The van der Waals surface area contributed by atoms with Crippen molar-refractivity contribution < 1.29 is 17.6 Å². The molecule has 24 heavy (non-hydrogen) atoms. The number of nitrogens with one attached hydrogen (secondary N) is 1. The standard InChI is InChI=1S/C15H11F4N5/c16-9-2-1-8(11(5-9)15(17,18)19)6-21-13-10-3-4-12(20)24-14(10)23-7-22-13/h1-5,7H,6H2,(H3,20,21,22,23,24). The van der Waals surface area contributed by atoms with Crippen molar-refractivity contribution in [2.75, 3.05) is 11.1 Å². The highest BCUT2D eigenvalue weighted by molar-refractivity contribution is 5.87. The molecule has 0 atom stereocenters. The number of hydrogen-bond donors (Lipinski definition) is 2. The Balaban J connectivity index is 1.92. The van der Waals surface area contributed by atoms with Crippen molar-refractivity contribution in [3.8, 4) is 0 Å². The van der Waals surface area contributed by atoms with Crippen LogP contribution >= 0.6 is 0 Å². The van der Waals surface area contributed by atoms with Crippen LogP contribution in [0.15, 0.2) is 36.7 Å². The SMILES string of the molecule is Nc1ccc2c(NCc3ccc(F)cc3C(F)(F)F)ncnc2n1. The summed E-state index contributed by atoms with van der Waals surface area (Å²) in [6.45, 7) is -0.189. The van der Waals surface area contributed by atoms with Crippen LogP contribution in [0.3, 0.4) is 0 Å². The van der Waals surface area contributed by atoms with E-state index in [0.717, 1.165) is 12.1 Å². The maximum atomic E-state index is 13.1. The highest BCUT2D eigenvalue weighted by atomic mass is 19.4. The van der Waals surface area contributed by atoms with E-state index >= 15 is 0 Å². The van der Waals surface area contributed by atoms with E-state index in [1.165, 1.54) is 12.4 Å². The maximum Gasteiger partial charge on any atom is 0.416 e. The molecule has 0 aliphatic rings. The number of nitrogens with zero attached hydrogens (tertiary/aromatic N) is 3. The molecule has 0 saturated heterocycles. The minimum absolute atomic E-state index is 0.0981. The lowest BCUT2D eigenvalue weighted by Crippen LogP contribution is -2.13. The molecule has 2 heterocycles. The van der Waals surface area contributed by atoms with Gasteiger partial charge in [-0.15, -0.1) is 0 Å². The second-order valence-corrected chi connectivity index (χ2v) is 4.98. The summed E-state index contributed by atoms with van der Waals surface area (Å²) < 4.78 is 52.1. The minimum Gasteiger partial charge on any atom is -0.384 e. The largest absolute Gasteiger partial charge is 0.416 e. The van der Waals surface area contributed by atoms with Gasteiger partial charge in [0.05, 0.1) is 10.9 Å². The van der Waals surface area contributed by atoms with Crippen LogP contribution in [0.2, 0.25) is 0 Å². The van der Waals surface area contributed by atoms with E-state index in [-0.39, 0.29) is 17.9 Å². The molecular weight excluding hydrogens is 326 g/mol. The smallest absolute Gasteiger partial charge is 0.384 e. The number of anilines is 2. The van der Waals surface area contributed by atoms with Crippen LogP contribution in [0.5, 0.6) is 0 Å². The Bertz CT molecular complexity index is 895. The molecule has 0 radical (unpaired) electrons. The van der Waals surface area contributed by atoms with E-state index < -0.39 is 17.6 Å². The second kappa shape index (κ2) is 5.91. The summed E-state index contributed by atoms with van der Waals surface area (Å²) in [7, 11) is 0. The third kappa shape index (κ3) is 3.19. The molecule has 124 valence electrons. The van der Waals surface area contributed by atoms with Gasteiger partial charge in [0.1, 0.15) is 23.8 Å². The number of fused-ring (bicyclic) bond motifs is 1. The Morgan fingerprint density at radius 1 is 1.08 bits per heavy atom. The second-order valence-electron chi connectivity index (χ2n) is 4.98. The van der Waals surface area contributed by atoms with E-state index in [4.69, 9.17) is 5.73 Å². The molecule has 0 amide bonds.